The molecule has 0 radical (unpaired) electrons. The van der Waals surface area contributed by atoms with Crippen LogP contribution in [0.15, 0.2) is 48.5 Å². The number of anilines is 1. The summed E-state index contributed by atoms with van der Waals surface area (Å²) < 4.78 is 1.22. The van der Waals surface area contributed by atoms with Crippen LogP contribution in [-0.2, 0) is 6.54 Å². The Kier molecular flexibility index (Phi) is 3.99. The lowest BCUT2D eigenvalue weighted by Crippen LogP contribution is -1.99. The van der Waals surface area contributed by atoms with Crippen LogP contribution >= 0.6 is 22.6 Å². The second-order valence-electron chi connectivity index (χ2n) is 3.67. The monoisotopic (exact) mass is 334 g/mol. The summed E-state index contributed by atoms with van der Waals surface area (Å²) in [7, 11) is 0. The molecule has 3 heteroatoms. The maximum Gasteiger partial charge on any atom is 0.0991 e. The number of hydrogen-bond acceptors (Lipinski definition) is 2. The fourth-order valence-corrected chi connectivity index (χ4v) is 2.04. The lowest BCUT2D eigenvalue weighted by molar-refractivity contribution is 1.15. The highest BCUT2D eigenvalue weighted by Gasteiger charge is 1.95. The van der Waals surface area contributed by atoms with Gasteiger partial charge in [0.05, 0.1) is 11.6 Å². The smallest absolute Gasteiger partial charge is 0.0991 e. The number of rotatable bonds is 3. The molecule has 2 aromatic rings. The molecule has 0 aliphatic carbocycles. The zero-order valence-electron chi connectivity index (χ0n) is 9.15. The number of nitrogens with zero attached hydrogens (tertiary/aromatic N) is 1. The molecule has 84 valence electrons. The summed E-state index contributed by atoms with van der Waals surface area (Å²) in [4.78, 5) is 0. The lowest BCUT2D eigenvalue weighted by Gasteiger charge is -2.06. The molecular weight excluding hydrogens is 323 g/mol. The molecule has 1 N–H and O–H groups in total. The van der Waals surface area contributed by atoms with Gasteiger partial charge in [-0.1, -0.05) is 18.2 Å². The minimum absolute atomic E-state index is 0.697. The van der Waals surface area contributed by atoms with Gasteiger partial charge in [-0.15, -0.1) is 0 Å². The van der Waals surface area contributed by atoms with Gasteiger partial charge in [0.25, 0.3) is 0 Å². The van der Waals surface area contributed by atoms with E-state index in [9.17, 15) is 0 Å². The summed E-state index contributed by atoms with van der Waals surface area (Å²) in [5, 5.41) is 12.1. The first-order valence-electron chi connectivity index (χ1n) is 5.26. The summed E-state index contributed by atoms with van der Waals surface area (Å²) in [5.41, 5.74) is 2.98. The zero-order valence-corrected chi connectivity index (χ0v) is 11.3. The van der Waals surface area contributed by atoms with E-state index in [0.29, 0.717) is 5.56 Å². The van der Waals surface area contributed by atoms with E-state index in [1.807, 2.05) is 36.4 Å². The third-order valence-electron chi connectivity index (χ3n) is 2.40. The molecule has 2 nitrogen and oxygen atoms in total. The second-order valence-corrected chi connectivity index (χ2v) is 4.92. The van der Waals surface area contributed by atoms with Crippen molar-refractivity contribution in [2.75, 3.05) is 5.32 Å². The highest BCUT2D eigenvalue weighted by Crippen LogP contribution is 2.13. The van der Waals surface area contributed by atoms with Gasteiger partial charge in [0, 0.05) is 15.8 Å². The number of halogens is 1. The normalized spacial score (nSPS) is 9.65. The van der Waals surface area contributed by atoms with Crippen LogP contribution in [0.25, 0.3) is 0 Å². The molecule has 0 saturated carbocycles. The third-order valence-corrected chi connectivity index (χ3v) is 3.08. The van der Waals surface area contributed by atoms with Crippen LogP contribution in [0.2, 0.25) is 0 Å². The van der Waals surface area contributed by atoms with Crippen LogP contribution in [0.1, 0.15) is 11.1 Å². The minimum Gasteiger partial charge on any atom is -0.381 e. The first kappa shape index (κ1) is 11.9. The highest BCUT2D eigenvalue weighted by molar-refractivity contribution is 14.1. The van der Waals surface area contributed by atoms with E-state index < -0.39 is 0 Å². The fourth-order valence-electron chi connectivity index (χ4n) is 1.50. The highest BCUT2D eigenvalue weighted by atomic mass is 127. The van der Waals surface area contributed by atoms with E-state index in [1.165, 1.54) is 9.13 Å². The standard InChI is InChI=1S/C14H11IN2/c15-13-2-1-3-14(8-13)17-10-12-6-4-11(9-16)5-7-12/h1-8,17H,10H2. The predicted octanol–water partition coefficient (Wildman–Crippen LogP) is 3.77. The Morgan fingerprint density at radius 1 is 1.12 bits per heavy atom. The minimum atomic E-state index is 0.697. The zero-order chi connectivity index (χ0) is 12.1. The molecular formula is C14H11IN2. The van der Waals surface area contributed by atoms with Gasteiger partial charge in [-0.3, -0.25) is 0 Å². The second kappa shape index (κ2) is 5.69. The van der Waals surface area contributed by atoms with Gasteiger partial charge in [-0.2, -0.15) is 5.26 Å². The van der Waals surface area contributed by atoms with E-state index in [2.05, 4.69) is 46.1 Å². The molecule has 0 aromatic heterocycles. The molecule has 0 unspecified atom stereocenters. The molecule has 0 atom stereocenters. The summed E-state index contributed by atoms with van der Waals surface area (Å²) in [6, 6.07) is 18.0. The molecule has 0 fully saturated rings. The summed E-state index contributed by atoms with van der Waals surface area (Å²) in [5.74, 6) is 0. The fraction of sp³-hybridized carbons (Fsp3) is 0.0714. The molecule has 2 rings (SSSR count). The van der Waals surface area contributed by atoms with Crippen molar-refractivity contribution >= 4 is 28.3 Å². The van der Waals surface area contributed by atoms with Gasteiger partial charge >= 0.3 is 0 Å². The van der Waals surface area contributed by atoms with Crippen molar-refractivity contribution in [2.45, 2.75) is 6.54 Å². The van der Waals surface area contributed by atoms with E-state index in [4.69, 9.17) is 5.26 Å². The Balaban J connectivity index is 2.00. The van der Waals surface area contributed by atoms with Gasteiger partial charge in [-0.05, 0) is 58.5 Å². The van der Waals surface area contributed by atoms with E-state index in [1.54, 1.807) is 0 Å². The average molecular weight is 334 g/mol. The van der Waals surface area contributed by atoms with Crippen LogP contribution in [0.4, 0.5) is 5.69 Å². The predicted molar refractivity (Wildman–Crippen MR) is 77.6 cm³/mol. The Morgan fingerprint density at radius 3 is 2.53 bits per heavy atom. The molecule has 0 bridgehead atoms. The van der Waals surface area contributed by atoms with E-state index >= 15 is 0 Å². The van der Waals surface area contributed by atoms with Gasteiger partial charge in [0.1, 0.15) is 0 Å². The van der Waals surface area contributed by atoms with Crippen LogP contribution in [0.3, 0.4) is 0 Å². The van der Waals surface area contributed by atoms with Crippen molar-refractivity contribution < 1.29 is 0 Å². The van der Waals surface area contributed by atoms with Crippen LogP contribution in [0.5, 0.6) is 0 Å². The quantitative estimate of drug-likeness (QED) is 0.868. The average Bonchev–Trinajstić information content (AvgIpc) is 2.37. The van der Waals surface area contributed by atoms with Crippen molar-refractivity contribution in [1.82, 2.24) is 0 Å². The third kappa shape index (κ3) is 3.46. The van der Waals surface area contributed by atoms with Crippen molar-refractivity contribution in [1.29, 1.82) is 5.26 Å². The van der Waals surface area contributed by atoms with Crippen molar-refractivity contribution in [3.05, 3.63) is 63.2 Å². The lowest BCUT2D eigenvalue weighted by atomic mass is 10.1. The molecule has 0 saturated heterocycles. The summed E-state index contributed by atoms with van der Waals surface area (Å²) >= 11 is 2.29. The molecule has 2 aromatic carbocycles. The number of nitriles is 1. The van der Waals surface area contributed by atoms with Gasteiger partial charge < -0.3 is 5.32 Å². The maximum atomic E-state index is 8.70. The molecule has 0 heterocycles. The molecule has 0 amide bonds. The van der Waals surface area contributed by atoms with Gasteiger partial charge in [-0.25, -0.2) is 0 Å². The summed E-state index contributed by atoms with van der Waals surface area (Å²) in [6.45, 7) is 0.770. The Labute approximate surface area is 114 Å². The molecule has 0 aliphatic rings. The van der Waals surface area contributed by atoms with E-state index in [0.717, 1.165) is 12.2 Å². The first-order valence-corrected chi connectivity index (χ1v) is 6.34. The molecule has 0 spiro atoms. The van der Waals surface area contributed by atoms with Crippen molar-refractivity contribution in [3.8, 4) is 6.07 Å². The Hall–Kier alpha value is -1.54. The van der Waals surface area contributed by atoms with Crippen molar-refractivity contribution in [2.24, 2.45) is 0 Å². The number of nitrogens with one attached hydrogen (secondary N) is 1. The Bertz CT molecular complexity index is 541. The number of hydrogen-bond donors (Lipinski definition) is 1. The van der Waals surface area contributed by atoms with Crippen LogP contribution < -0.4 is 5.32 Å². The summed E-state index contributed by atoms with van der Waals surface area (Å²) in [6.07, 6.45) is 0. The Morgan fingerprint density at radius 2 is 1.88 bits per heavy atom. The topological polar surface area (TPSA) is 35.8 Å². The maximum absolute atomic E-state index is 8.70. The van der Waals surface area contributed by atoms with Gasteiger partial charge in [0.15, 0.2) is 0 Å². The van der Waals surface area contributed by atoms with Gasteiger partial charge in [0.2, 0.25) is 0 Å². The SMILES string of the molecule is N#Cc1ccc(CNc2cccc(I)c2)cc1. The molecule has 17 heavy (non-hydrogen) atoms. The largest absolute Gasteiger partial charge is 0.381 e. The van der Waals surface area contributed by atoms with Crippen LogP contribution in [0, 0.1) is 14.9 Å². The first-order chi connectivity index (χ1) is 8.28. The van der Waals surface area contributed by atoms with Crippen LogP contribution in [-0.4, -0.2) is 0 Å². The van der Waals surface area contributed by atoms with Crippen molar-refractivity contribution in [3.63, 3.8) is 0 Å². The number of benzene rings is 2. The molecule has 0 aliphatic heterocycles. The van der Waals surface area contributed by atoms with E-state index in [-0.39, 0.29) is 0 Å².